The molecule has 0 spiro atoms. The van der Waals surface area contributed by atoms with Crippen molar-refractivity contribution in [2.75, 3.05) is 6.54 Å². The Morgan fingerprint density at radius 2 is 2.00 bits per heavy atom. The van der Waals surface area contributed by atoms with Gasteiger partial charge in [-0.15, -0.1) is 0 Å². The highest BCUT2D eigenvalue weighted by Gasteiger charge is 2.22. The molecule has 1 atom stereocenters. The molecule has 1 rings (SSSR count). The molecule has 1 aromatic rings. The number of aromatic carboxylic acids is 1. The van der Waals surface area contributed by atoms with Gasteiger partial charge in [-0.2, -0.15) is 5.26 Å². The van der Waals surface area contributed by atoms with Gasteiger partial charge in [0.25, 0.3) is 0 Å². The van der Waals surface area contributed by atoms with Crippen molar-refractivity contribution in [3.63, 3.8) is 0 Å². The number of sulfonamides is 1. The summed E-state index contributed by atoms with van der Waals surface area (Å²) in [5.41, 5.74) is 1.01. The van der Waals surface area contributed by atoms with Gasteiger partial charge in [-0.1, -0.05) is 19.1 Å². The number of carboxylic acids is 1. The normalized spacial score (nSPS) is 12.6. The molecule has 0 fully saturated rings. The summed E-state index contributed by atoms with van der Waals surface area (Å²) in [6.45, 7) is 1.81. The van der Waals surface area contributed by atoms with Gasteiger partial charge in [-0.05, 0) is 30.5 Å². The first-order valence-corrected chi connectivity index (χ1v) is 7.65. The van der Waals surface area contributed by atoms with Crippen molar-refractivity contribution in [1.82, 2.24) is 4.72 Å². The van der Waals surface area contributed by atoms with E-state index in [2.05, 4.69) is 4.72 Å². The van der Waals surface area contributed by atoms with Gasteiger partial charge in [0, 0.05) is 6.54 Å². The van der Waals surface area contributed by atoms with Crippen LogP contribution >= 0.6 is 0 Å². The van der Waals surface area contributed by atoms with Crippen LogP contribution in [0.2, 0.25) is 0 Å². The van der Waals surface area contributed by atoms with Gasteiger partial charge in [0.2, 0.25) is 10.0 Å². The molecule has 0 amide bonds. The molecule has 0 aromatic heterocycles. The van der Waals surface area contributed by atoms with E-state index < -0.39 is 21.2 Å². The van der Waals surface area contributed by atoms with Crippen LogP contribution in [-0.4, -0.2) is 31.3 Å². The minimum atomic E-state index is -3.62. The summed E-state index contributed by atoms with van der Waals surface area (Å²) in [6, 6.07) is 7.96. The molecule has 2 N–H and O–H groups in total. The first-order chi connectivity index (χ1) is 9.40. The van der Waals surface area contributed by atoms with E-state index in [1.807, 2.05) is 0 Å². The Morgan fingerprint density at radius 3 is 2.45 bits per heavy atom. The van der Waals surface area contributed by atoms with Crippen LogP contribution in [-0.2, 0) is 16.4 Å². The highest BCUT2D eigenvalue weighted by molar-refractivity contribution is 7.90. The van der Waals surface area contributed by atoms with E-state index in [1.165, 1.54) is 12.1 Å². The number of hydrogen-bond acceptors (Lipinski definition) is 4. The molecule has 0 saturated carbocycles. The molecule has 0 aliphatic heterocycles. The van der Waals surface area contributed by atoms with Gasteiger partial charge in [0.05, 0.1) is 11.6 Å². The zero-order valence-electron chi connectivity index (χ0n) is 11.0. The Kier molecular flexibility index (Phi) is 5.67. The molecule has 6 nitrogen and oxygen atoms in total. The third-order valence-corrected chi connectivity index (χ3v) is 4.60. The van der Waals surface area contributed by atoms with Crippen LogP contribution in [0.25, 0.3) is 0 Å². The third-order valence-electron chi connectivity index (χ3n) is 2.81. The Balaban J connectivity index is 2.57. The van der Waals surface area contributed by atoms with Crippen LogP contribution in [0, 0.1) is 11.3 Å². The van der Waals surface area contributed by atoms with Gasteiger partial charge in [-0.3, -0.25) is 0 Å². The smallest absolute Gasteiger partial charge is 0.335 e. The fraction of sp³-hybridized carbons (Fsp3) is 0.385. The average Bonchev–Trinajstić information content (AvgIpc) is 2.40. The number of carboxylic acid groups (broad SMARTS) is 1. The quantitative estimate of drug-likeness (QED) is 0.784. The minimum Gasteiger partial charge on any atom is -0.478 e. The highest BCUT2D eigenvalue weighted by Crippen LogP contribution is 2.06. The Hall–Kier alpha value is -1.91. The number of nitrogens with one attached hydrogen (secondary N) is 1. The van der Waals surface area contributed by atoms with E-state index in [-0.39, 0.29) is 18.5 Å². The maximum Gasteiger partial charge on any atom is 0.335 e. The maximum atomic E-state index is 11.7. The zero-order chi connectivity index (χ0) is 15.2. The van der Waals surface area contributed by atoms with Gasteiger partial charge in [0.15, 0.2) is 5.25 Å². The summed E-state index contributed by atoms with van der Waals surface area (Å²) in [7, 11) is -3.62. The first kappa shape index (κ1) is 16.1. The minimum absolute atomic E-state index is 0.174. The maximum absolute atomic E-state index is 11.7. The predicted octanol–water partition coefficient (Wildman–Crippen LogP) is 1.15. The standard InChI is InChI=1S/C13H16N2O4S/c1-2-12(9-14)20(18,19)15-8-7-10-3-5-11(6-4-10)13(16)17/h3-6,12,15H,2,7-8H2,1H3,(H,16,17). The number of nitriles is 1. The van der Waals surface area contributed by atoms with Crippen LogP contribution in [0.5, 0.6) is 0 Å². The summed E-state index contributed by atoms with van der Waals surface area (Å²) in [5.74, 6) is -1.00. The van der Waals surface area contributed by atoms with Crippen molar-refractivity contribution in [2.45, 2.75) is 25.0 Å². The number of hydrogen-bond donors (Lipinski definition) is 2. The molecule has 0 bridgehead atoms. The zero-order valence-corrected chi connectivity index (χ0v) is 11.9. The second kappa shape index (κ2) is 7.03. The molecular weight excluding hydrogens is 280 g/mol. The van der Waals surface area contributed by atoms with Crippen LogP contribution in [0.4, 0.5) is 0 Å². The summed E-state index contributed by atoms with van der Waals surface area (Å²) in [6.07, 6.45) is 0.667. The molecule has 20 heavy (non-hydrogen) atoms. The predicted molar refractivity (Wildman–Crippen MR) is 73.7 cm³/mol. The average molecular weight is 296 g/mol. The van der Waals surface area contributed by atoms with E-state index in [1.54, 1.807) is 25.1 Å². The van der Waals surface area contributed by atoms with Crippen molar-refractivity contribution in [2.24, 2.45) is 0 Å². The highest BCUT2D eigenvalue weighted by atomic mass is 32.2. The van der Waals surface area contributed by atoms with Gasteiger partial charge >= 0.3 is 5.97 Å². The molecule has 0 radical (unpaired) electrons. The van der Waals surface area contributed by atoms with Gasteiger partial charge < -0.3 is 5.11 Å². The van der Waals surface area contributed by atoms with Crippen LogP contribution < -0.4 is 4.72 Å². The third kappa shape index (κ3) is 4.33. The van der Waals surface area contributed by atoms with E-state index in [9.17, 15) is 13.2 Å². The van der Waals surface area contributed by atoms with Crippen LogP contribution in [0.15, 0.2) is 24.3 Å². The van der Waals surface area contributed by atoms with Gasteiger partial charge in [-0.25, -0.2) is 17.9 Å². The SMILES string of the molecule is CCC(C#N)S(=O)(=O)NCCc1ccc(C(=O)O)cc1. The van der Waals surface area contributed by atoms with E-state index in [0.29, 0.717) is 6.42 Å². The van der Waals surface area contributed by atoms with E-state index in [4.69, 9.17) is 10.4 Å². The van der Waals surface area contributed by atoms with Crippen molar-refractivity contribution in [3.05, 3.63) is 35.4 Å². The Morgan fingerprint density at radius 1 is 1.40 bits per heavy atom. The molecule has 1 unspecified atom stereocenters. The van der Waals surface area contributed by atoms with E-state index in [0.717, 1.165) is 5.56 Å². The van der Waals surface area contributed by atoms with Crippen LogP contribution in [0.1, 0.15) is 29.3 Å². The van der Waals surface area contributed by atoms with E-state index >= 15 is 0 Å². The summed E-state index contributed by atoms with van der Waals surface area (Å²) >= 11 is 0. The number of benzene rings is 1. The molecule has 0 aliphatic rings. The number of carbonyl (C=O) groups is 1. The summed E-state index contributed by atoms with van der Waals surface area (Å²) in [5, 5.41) is 16.4. The number of nitrogens with zero attached hydrogens (tertiary/aromatic N) is 1. The van der Waals surface area contributed by atoms with Crippen molar-refractivity contribution >= 4 is 16.0 Å². The topological polar surface area (TPSA) is 107 Å². The molecule has 7 heteroatoms. The van der Waals surface area contributed by atoms with Crippen LogP contribution in [0.3, 0.4) is 0 Å². The largest absolute Gasteiger partial charge is 0.478 e. The molecule has 0 saturated heterocycles. The second-order valence-electron chi connectivity index (χ2n) is 4.22. The Labute approximate surface area is 118 Å². The first-order valence-electron chi connectivity index (χ1n) is 6.11. The fourth-order valence-corrected chi connectivity index (χ4v) is 2.80. The molecule has 108 valence electrons. The fourth-order valence-electron chi connectivity index (χ4n) is 1.63. The second-order valence-corrected chi connectivity index (χ2v) is 6.17. The van der Waals surface area contributed by atoms with Gasteiger partial charge in [0.1, 0.15) is 0 Å². The molecular formula is C13H16N2O4S. The summed E-state index contributed by atoms with van der Waals surface area (Å²) in [4.78, 5) is 10.7. The van der Waals surface area contributed by atoms with Crippen molar-refractivity contribution in [1.29, 1.82) is 5.26 Å². The lowest BCUT2D eigenvalue weighted by Crippen LogP contribution is -2.34. The monoisotopic (exact) mass is 296 g/mol. The number of rotatable bonds is 7. The summed E-state index contributed by atoms with van der Waals surface area (Å²) < 4.78 is 25.8. The molecule has 0 aliphatic carbocycles. The van der Waals surface area contributed by atoms with Crippen molar-refractivity contribution < 1.29 is 18.3 Å². The molecule has 0 heterocycles. The molecule has 1 aromatic carbocycles. The lowest BCUT2D eigenvalue weighted by Gasteiger charge is -2.10. The van der Waals surface area contributed by atoms with Crippen molar-refractivity contribution in [3.8, 4) is 6.07 Å². The lowest BCUT2D eigenvalue weighted by molar-refractivity contribution is 0.0697. The Bertz CT molecular complexity index is 602. The lowest BCUT2D eigenvalue weighted by atomic mass is 10.1.